The van der Waals surface area contributed by atoms with Gasteiger partial charge in [0.2, 0.25) is 5.91 Å². The van der Waals surface area contributed by atoms with E-state index in [1.54, 1.807) is 35.9 Å². The number of anilines is 2. The van der Waals surface area contributed by atoms with Gasteiger partial charge in [0, 0.05) is 34.8 Å². The summed E-state index contributed by atoms with van der Waals surface area (Å²) in [6, 6.07) is 17.5. The SMILES string of the molecule is COc1cc(N2C(=S)N[C@H](c3ccccn3)[C@@H]2c2cc(C)n(-c3ccccc3C(F)(F)F)c2C)ccc1NC(=O)C(C)(C)C. The Balaban J connectivity index is 1.66. The third-order valence-corrected chi connectivity index (χ3v) is 8.04. The smallest absolute Gasteiger partial charge is 0.418 e. The van der Waals surface area contributed by atoms with Crippen molar-refractivity contribution in [1.29, 1.82) is 0 Å². The van der Waals surface area contributed by atoms with Gasteiger partial charge in [-0.05, 0) is 74.1 Å². The summed E-state index contributed by atoms with van der Waals surface area (Å²) in [5.41, 5.74) is 2.70. The van der Waals surface area contributed by atoms with Gasteiger partial charge >= 0.3 is 6.18 Å². The summed E-state index contributed by atoms with van der Waals surface area (Å²) in [6.45, 7) is 9.08. The number of methoxy groups -OCH3 is 1. The molecule has 1 aliphatic heterocycles. The van der Waals surface area contributed by atoms with Crippen molar-refractivity contribution >= 4 is 34.6 Å². The first-order valence-electron chi connectivity index (χ1n) is 14.1. The Hall–Kier alpha value is -4.38. The normalized spacial score (nSPS) is 17.0. The van der Waals surface area contributed by atoms with Crippen LogP contribution in [0.5, 0.6) is 5.75 Å². The van der Waals surface area contributed by atoms with Crippen LogP contribution >= 0.6 is 12.2 Å². The lowest BCUT2D eigenvalue weighted by molar-refractivity contribution is -0.137. The highest BCUT2D eigenvalue weighted by Crippen LogP contribution is 2.46. The molecule has 3 heterocycles. The lowest BCUT2D eigenvalue weighted by atomic mass is 9.95. The first-order valence-corrected chi connectivity index (χ1v) is 14.5. The van der Waals surface area contributed by atoms with Crippen molar-refractivity contribution in [2.75, 3.05) is 17.3 Å². The van der Waals surface area contributed by atoms with E-state index in [4.69, 9.17) is 17.0 Å². The Bertz CT molecular complexity index is 1710. The number of amides is 1. The van der Waals surface area contributed by atoms with Crippen LogP contribution in [0.1, 0.15) is 61.1 Å². The van der Waals surface area contributed by atoms with E-state index in [1.165, 1.54) is 19.2 Å². The molecule has 0 saturated carbocycles. The standard InChI is InChI=1S/C33H34F3N5O2S/c1-19-17-22(20(2)40(19)26-13-8-7-11-23(26)33(34,35)36)29-28(25-12-9-10-16-37-25)39-31(44)41(29)21-14-15-24(27(18-21)43-6)38-30(42)32(3,4)5/h7-18,28-29H,1-6H3,(H,38,42)(H,39,44)/t28-,29+/m1/s1. The van der Waals surface area contributed by atoms with Gasteiger partial charge in [0.05, 0.1) is 41.8 Å². The maximum atomic E-state index is 14.1. The molecule has 2 aromatic heterocycles. The highest BCUT2D eigenvalue weighted by molar-refractivity contribution is 7.80. The van der Waals surface area contributed by atoms with Crippen LogP contribution in [-0.2, 0) is 11.0 Å². The fourth-order valence-electron chi connectivity index (χ4n) is 5.56. The molecule has 11 heteroatoms. The third-order valence-electron chi connectivity index (χ3n) is 7.73. The molecule has 0 unspecified atom stereocenters. The molecule has 0 radical (unpaired) electrons. The van der Waals surface area contributed by atoms with Crippen molar-refractivity contribution in [3.8, 4) is 11.4 Å². The molecular weight excluding hydrogens is 587 g/mol. The Morgan fingerprint density at radius 3 is 2.36 bits per heavy atom. The van der Waals surface area contributed by atoms with Crippen LogP contribution in [0.25, 0.3) is 5.69 Å². The predicted molar refractivity (Wildman–Crippen MR) is 169 cm³/mol. The molecule has 0 spiro atoms. The number of halogens is 3. The zero-order valence-electron chi connectivity index (χ0n) is 25.3. The summed E-state index contributed by atoms with van der Waals surface area (Å²) in [5, 5.41) is 6.74. The number of aromatic nitrogens is 2. The van der Waals surface area contributed by atoms with Crippen LogP contribution in [0, 0.1) is 19.3 Å². The maximum absolute atomic E-state index is 14.1. The molecule has 2 N–H and O–H groups in total. The number of ether oxygens (including phenoxy) is 1. The maximum Gasteiger partial charge on any atom is 0.418 e. The van der Waals surface area contributed by atoms with Gasteiger partial charge in [0.15, 0.2) is 5.11 Å². The lowest BCUT2D eigenvalue weighted by Gasteiger charge is -2.29. The minimum Gasteiger partial charge on any atom is -0.494 e. The second-order valence-corrected chi connectivity index (χ2v) is 12.1. The molecule has 0 bridgehead atoms. The second kappa shape index (κ2) is 11.6. The van der Waals surface area contributed by atoms with E-state index < -0.39 is 29.2 Å². The van der Waals surface area contributed by atoms with Crippen molar-refractivity contribution in [1.82, 2.24) is 14.9 Å². The fourth-order valence-corrected chi connectivity index (χ4v) is 5.90. The molecule has 1 aliphatic rings. The van der Waals surface area contributed by atoms with Gasteiger partial charge in [-0.25, -0.2) is 0 Å². The van der Waals surface area contributed by atoms with E-state index in [0.717, 1.165) is 17.3 Å². The predicted octanol–water partition coefficient (Wildman–Crippen LogP) is 7.68. The molecule has 1 amide bonds. The van der Waals surface area contributed by atoms with Crippen LogP contribution in [0.2, 0.25) is 0 Å². The molecular formula is C33H34F3N5O2S. The van der Waals surface area contributed by atoms with Crippen LogP contribution in [0.3, 0.4) is 0 Å². The number of para-hydroxylation sites is 1. The van der Waals surface area contributed by atoms with E-state index in [1.807, 2.05) is 62.9 Å². The Kier molecular flexibility index (Phi) is 8.19. The Morgan fingerprint density at radius 2 is 1.73 bits per heavy atom. The molecule has 2 aromatic carbocycles. The second-order valence-electron chi connectivity index (χ2n) is 11.8. The summed E-state index contributed by atoms with van der Waals surface area (Å²) >= 11 is 5.87. The molecule has 1 fully saturated rings. The van der Waals surface area contributed by atoms with E-state index >= 15 is 0 Å². The number of alkyl halides is 3. The first-order chi connectivity index (χ1) is 20.7. The molecule has 4 aromatic rings. The Morgan fingerprint density at radius 1 is 1.02 bits per heavy atom. The van der Waals surface area contributed by atoms with Gasteiger partial charge in [-0.15, -0.1) is 0 Å². The number of benzene rings is 2. The number of nitrogens with zero attached hydrogens (tertiary/aromatic N) is 3. The average molecular weight is 622 g/mol. The van der Waals surface area contributed by atoms with Crippen molar-refractivity contribution in [3.05, 3.63) is 101 Å². The third kappa shape index (κ3) is 5.76. The van der Waals surface area contributed by atoms with E-state index in [9.17, 15) is 18.0 Å². The highest BCUT2D eigenvalue weighted by atomic mass is 32.1. The number of aryl methyl sites for hydroxylation is 1. The van der Waals surface area contributed by atoms with Crippen molar-refractivity contribution in [2.45, 2.75) is 52.9 Å². The number of hydrogen-bond acceptors (Lipinski definition) is 4. The largest absolute Gasteiger partial charge is 0.494 e. The zero-order valence-corrected chi connectivity index (χ0v) is 26.1. The highest BCUT2D eigenvalue weighted by Gasteiger charge is 2.43. The summed E-state index contributed by atoms with van der Waals surface area (Å²) in [6.07, 6.45) is -2.84. The summed E-state index contributed by atoms with van der Waals surface area (Å²) < 4.78 is 49.5. The molecule has 2 atom stereocenters. The summed E-state index contributed by atoms with van der Waals surface area (Å²) in [4.78, 5) is 19.2. The molecule has 7 nitrogen and oxygen atoms in total. The molecule has 0 aliphatic carbocycles. The van der Waals surface area contributed by atoms with E-state index in [2.05, 4.69) is 15.6 Å². The number of carbonyl (C=O) groups is 1. The summed E-state index contributed by atoms with van der Waals surface area (Å²) in [5.74, 6) is 0.272. The fraction of sp³-hybridized carbons (Fsp3) is 0.303. The van der Waals surface area contributed by atoms with Gasteiger partial charge in [0.1, 0.15) is 5.75 Å². The minimum absolute atomic E-state index is 0.0522. The van der Waals surface area contributed by atoms with Gasteiger partial charge in [0.25, 0.3) is 0 Å². The lowest BCUT2D eigenvalue weighted by Crippen LogP contribution is -2.30. The quantitative estimate of drug-likeness (QED) is 0.215. The van der Waals surface area contributed by atoms with Gasteiger partial charge in [-0.2, -0.15) is 13.2 Å². The van der Waals surface area contributed by atoms with Gasteiger partial charge in [-0.1, -0.05) is 39.0 Å². The monoisotopic (exact) mass is 621 g/mol. The van der Waals surface area contributed by atoms with Gasteiger partial charge in [-0.3, -0.25) is 9.78 Å². The minimum atomic E-state index is -4.53. The number of carbonyl (C=O) groups excluding carboxylic acids is 1. The van der Waals surface area contributed by atoms with E-state index in [0.29, 0.717) is 33.6 Å². The van der Waals surface area contributed by atoms with Gasteiger partial charge < -0.3 is 24.8 Å². The van der Waals surface area contributed by atoms with Crippen molar-refractivity contribution in [2.24, 2.45) is 5.41 Å². The molecule has 1 saturated heterocycles. The Labute approximate surface area is 260 Å². The van der Waals surface area contributed by atoms with Crippen molar-refractivity contribution in [3.63, 3.8) is 0 Å². The van der Waals surface area contributed by atoms with E-state index in [-0.39, 0.29) is 11.6 Å². The number of hydrogen-bond donors (Lipinski definition) is 2. The molecule has 5 rings (SSSR count). The summed E-state index contributed by atoms with van der Waals surface area (Å²) in [7, 11) is 1.52. The number of thiocarbonyl (C=S) groups is 1. The van der Waals surface area contributed by atoms with Crippen molar-refractivity contribution < 1.29 is 22.7 Å². The number of nitrogens with one attached hydrogen (secondary N) is 2. The topological polar surface area (TPSA) is 71.4 Å². The van der Waals surface area contributed by atoms with Crippen LogP contribution in [0.15, 0.2) is 72.9 Å². The van der Waals surface area contributed by atoms with Crippen LogP contribution in [0.4, 0.5) is 24.5 Å². The molecule has 44 heavy (non-hydrogen) atoms. The number of pyridine rings is 1. The van der Waals surface area contributed by atoms with Crippen LogP contribution in [-0.4, -0.2) is 27.7 Å². The number of rotatable bonds is 6. The molecule has 230 valence electrons. The average Bonchev–Trinajstić information content (AvgIpc) is 3.47. The zero-order chi connectivity index (χ0) is 32.0. The van der Waals surface area contributed by atoms with Crippen LogP contribution < -0.4 is 20.3 Å². The first kappa shape index (κ1) is 31.1.